The molecule has 1 fully saturated rings. The lowest BCUT2D eigenvalue weighted by Crippen LogP contribution is -2.56. The minimum atomic E-state index is -0.372. The molecule has 1 aromatic heterocycles. The molecule has 8 nitrogen and oxygen atoms in total. The highest BCUT2D eigenvalue weighted by atomic mass is 19.1. The van der Waals surface area contributed by atoms with E-state index in [9.17, 15) is 14.4 Å². The zero-order chi connectivity index (χ0) is 27.7. The summed E-state index contributed by atoms with van der Waals surface area (Å²) in [7, 11) is 3.30. The molecule has 9 heteroatoms. The number of nitrogens with one attached hydrogen (secondary N) is 2. The predicted molar refractivity (Wildman–Crippen MR) is 147 cm³/mol. The number of nitrogens with zero attached hydrogens (tertiary/aromatic N) is 3. The first kappa shape index (κ1) is 26.6. The quantitative estimate of drug-likeness (QED) is 0.481. The van der Waals surface area contributed by atoms with Crippen LogP contribution in [0.5, 0.6) is 0 Å². The van der Waals surface area contributed by atoms with E-state index < -0.39 is 0 Å². The van der Waals surface area contributed by atoms with Crippen LogP contribution in [0.15, 0.2) is 54.6 Å². The molecule has 2 aliphatic rings. The predicted octanol–water partition coefficient (Wildman–Crippen LogP) is 4.11. The van der Waals surface area contributed by atoms with Crippen LogP contribution in [0.4, 0.5) is 10.1 Å². The number of amides is 3. The van der Waals surface area contributed by atoms with Gasteiger partial charge < -0.3 is 20.1 Å². The Morgan fingerprint density at radius 3 is 2.36 bits per heavy atom. The van der Waals surface area contributed by atoms with Crippen LogP contribution < -0.4 is 10.6 Å². The number of rotatable bonds is 7. The zero-order valence-electron chi connectivity index (χ0n) is 22.6. The monoisotopic (exact) mass is 531 g/mol. The molecule has 0 unspecified atom stereocenters. The van der Waals surface area contributed by atoms with E-state index in [1.807, 2.05) is 36.4 Å². The molecule has 2 N–H and O–H groups in total. The summed E-state index contributed by atoms with van der Waals surface area (Å²) >= 11 is 0. The lowest BCUT2D eigenvalue weighted by atomic mass is 9.71. The van der Waals surface area contributed by atoms with E-state index in [0.717, 1.165) is 30.5 Å². The topological polar surface area (TPSA) is 86.7 Å². The molecule has 1 spiro atoms. The van der Waals surface area contributed by atoms with Gasteiger partial charge in [0.15, 0.2) is 0 Å². The number of benzene rings is 2. The fourth-order valence-corrected chi connectivity index (χ4v) is 5.68. The summed E-state index contributed by atoms with van der Waals surface area (Å²) in [4.78, 5) is 40.4. The highest BCUT2D eigenvalue weighted by Crippen LogP contribution is 2.49. The molecule has 0 atom stereocenters. The molecular formula is C30H34FN5O3. The fraction of sp³-hybridized carbons (Fsp3) is 0.367. The highest BCUT2D eigenvalue weighted by Gasteiger charge is 2.48. The largest absolute Gasteiger partial charge is 0.347 e. The standard InChI is InChI=1S/C30H34FN5O3/c1-20(37)33-24-9-5-21(6-10-24)18-32-28(38)26-11-12-27-30(13-4-14-30)35(15-16-36(26)27)19-23-8-7-22(17-25(23)31)29(39)34(2)3/h5-12,17H,4,13-16,18-19H2,1-3H3,(H,32,38)(H,33,37). The number of anilines is 1. The average Bonchev–Trinajstić information content (AvgIpc) is 3.32. The second kappa shape index (κ2) is 10.6. The average molecular weight is 532 g/mol. The molecular weight excluding hydrogens is 497 g/mol. The Morgan fingerprint density at radius 1 is 1.00 bits per heavy atom. The van der Waals surface area contributed by atoms with E-state index in [4.69, 9.17) is 0 Å². The van der Waals surface area contributed by atoms with Gasteiger partial charge in [0.1, 0.15) is 11.5 Å². The molecule has 0 bridgehead atoms. The Kier molecular flexibility index (Phi) is 7.27. The molecule has 3 amide bonds. The van der Waals surface area contributed by atoms with Gasteiger partial charge in [-0.3, -0.25) is 19.3 Å². The third-order valence-corrected chi connectivity index (χ3v) is 7.86. The molecule has 2 aromatic carbocycles. The van der Waals surface area contributed by atoms with Gasteiger partial charge in [0, 0.05) is 69.7 Å². The Morgan fingerprint density at radius 2 is 1.74 bits per heavy atom. The molecule has 3 aromatic rings. The second-order valence-corrected chi connectivity index (χ2v) is 10.6. The van der Waals surface area contributed by atoms with Crippen LogP contribution in [0.2, 0.25) is 0 Å². The summed E-state index contributed by atoms with van der Waals surface area (Å²) < 4.78 is 17.1. The maximum absolute atomic E-state index is 15.0. The van der Waals surface area contributed by atoms with Crippen LogP contribution in [0.3, 0.4) is 0 Å². The van der Waals surface area contributed by atoms with E-state index in [1.54, 1.807) is 26.2 Å². The normalized spacial score (nSPS) is 15.8. The number of hydrogen-bond donors (Lipinski definition) is 2. The van der Waals surface area contributed by atoms with Gasteiger partial charge in [0.2, 0.25) is 5.91 Å². The van der Waals surface area contributed by atoms with E-state index in [0.29, 0.717) is 48.7 Å². The highest BCUT2D eigenvalue weighted by molar-refractivity contribution is 5.94. The molecule has 204 valence electrons. The SMILES string of the molecule is CC(=O)Nc1ccc(CNC(=O)c2ccc3n2CCN(Cc2ccc(C(=O)N(C)C)cc2F)C32CCC2)cc1. The number of carbonyl (C=O) groups excluding carboxylic acids is 3. The number of carbonyl (C=O) groups is 3. The van der Waals surface area contributed by atoms with Crippen molar-refractivity contribution in [3.63, 3.8) is 0 Å². The fourth-order valence-electron chi connectivity index (χ4n) is 5.68. The molecule has 0 saturated heterocycles. The summed E-state index contributed by atoms with van der Waals surface area (Å²) in [6.45, 7) is 3.62. The number of fused-ring (bicyclic) bond motifs is 2. The van der Waals surface area contributed by atoms with E-state index in [-0.39, 0.29) is 29.1 Å². The van der Waals surface area contributed by atoms with Crippen molar-refractivity contribution in [1.82, 2.24) is 19.7 Å². The number of aromatic nitrogens is 1. The van der Waals surface area contributed by atoms with Gasteiger partial charge in [-0.05, 0) is 61.2 Å². The smallest absolute Gasteiger partial charge is 0.268 e. The van der Waals surface area contributed by atoms with Crippen LogP contribution in [0, 0.1) is 5.82 Å². The first-order valence-corrected chi connectivity index (χ1v) is 13.3. The number of halogens is 1. The van der Waals surface area contributed by atoms with Crippen molar-refractivity contribution in [3.8, 4) is 0 Å². The third-order valence-electron chi connectivity index (χ3n) is 7.86. The van der Waals surface area contributed by atoms with Crippen molar-refractivity contribution in [3.05, 3.63) is 88.5 Å². The first-order valence-electron chi connectivity index (χ1n) is 13.3. The molecule has 5 rings (SSSR count). The molecule has 2 heterocycles. The van der Waals surface area contributed by atoms with Gasteiger partial charge in [0.25, 0.3) is 11.8 Å². The maximum atomic E-state index is 15.0. The Bertz CT molecular complexity index is 1410. The van der Waals surface area contributed by atoms with E-state index in [2.05, 4.69) is 20.1 Å². The van der Waals surface area contributed by atoms with Gasteiger partial charge in [0.05, 0.1) is 5.54 Å². The molecule has 1 saturated carbocycles. The van der Waals surface area contributed by atoms with E-state index in [1.165, 1.54) is 17.9 Å². The first-order chi connectivity index (χ1) is 18.7. The van der Waals surface area contributed by atoms with Crippen molar-refractivity contribution >= 4 is 23.4 Å². The number of hydrogen-bond acceptors (Lipinski definition) is 4. The zero-order valence-corrected chi connectivity index (χ0v) is 22.6. The van der Waals surface area contributed by atoms with Crippen molar-refractivity contribution in [1.29, 1.82) is 0 Å². The molecule has 0 radical (unpaired) electrons. The summed E-state index contributed by atoms with van der Waals surface area (Å²) in [5.74, 6) is -0.860. The minimum Gasteiger partial charge on any atom is -0.347 e. The van der Waals surface area contributed by atoms with Crippen LogP contribution in [-0.4, -0.2) is 52.7 Å². The van der Waals surface area contributed by atoms with Crippen molar-refractivity contribution in [2.75, 3.05) is 26.0 Å². The van der Waals surface area contributed by atoms with Gasteiger partial charge in [-0.15, -0.1) is 0 Å². The summed E-state index contributed by atoms with van der Waals surface area (Å²) in [6, 6.07) is 16.0. The Balaban J connectivity index is 1.29. The van der Waals surface area contributed by atoms with Gasteiger partial charge >= 0.3 is 0 Å². The van der Waals surface area contributed by atoms with Crippen LogP contribution in [0.25, 0.3) is 0 Å². The van der Waals surface area contributed by atoms with E-state index >= 15 is 4.39 Å². The Hall–Kier alpha value is -3.98. The van der Waals surface area contributed by atoms with Crippen molar-refractivity contribution in [2.24, 2.45) is 0 Å². The van der Waals surface area contributed by atoms with Crippen LogP contribution in [-0.2, 0) is 30.0 Å². The molecule has 1 aliphatic carbocycles. The van der Waals surface area contributed by atoms with Gasteiger partial charge in [-0.25, -0.2) is 4.39 Å². The third kappa shape index (κ3) is 5.18. The van der Waals surface area contributed by atoms with Crippen molar-refractivity contribution < 1.29 is 18.8 Å². The minimum absolute atomic E-state index is 0.128. The van der Waals surface area contributed by atoms with Crippen LogP contribution in [0.1, 0.15) is 63.9 Å². The summed E-state index contributed by atoms with van der Waals surface area (Å²) in [6.07, 6.45) is 2.99. The van der Waals surface area contributed by atoms with Gasteiger partial charge in [-0.1, -0.05) is 18.2 Å². The summed E-state index contributed by atoms with van der Waals surface area (Å²) in [5.41, 5.74) is 4.07. The Labute approximate surface area is 227 Å². The molecule has 39 heavy (non-hydrogen) atoms. The summed E-state index contributed by atoms with van der Waals surface area (Å²) in [5, 5.41) is 5.75. The van der Waals surface area contributed by atoms with Gasteiger partial charge in [-0.2, -0.15) is 0 Å². The lowest BCUT2D eigenvalue weighted by molar-refractivity contribution is -0.114. The second-order valence-electron chi connectivity index (χ2n) is 10.6. The van der Waals surface area contributed by atoms with Crippen molar-refractivity contribution in [2.45, 2.75) is 51.4 Å². The lowest BCUT2D eigenvalue weighted by Gasteiger charge is -2.53. The van der Waals surface area contributed by atoms with Crippen LogP contribution >= 0.6 is 0 Å². The maximum Gasteiger partial charge on any atom is 0.268 e. The molecule has 1 aliphatic heterocycles.